The fraction of sp³-hybridized carbons (Fsp3) is 0.458. The van der Waals surface area contributed by atoms with Gasteiger partial charge in [-0.2, -0.15) is 0 Å². The first-order chi connectivity index (χ1) is 14.0. The summed E-state index contributed by atoms with van der Waals surface area (Å²) in [7, 11) is 3.65. The number of carboxylic acids is 1. The van der Waals surface area contributed by atoms with Gasteiger partial charge in [0.15, 0.2) is 0 Å². The number of ether oxygens (including phenoxy) is 1. The molecule has 0 radical (unpaired) electrons. The number of benzene rings is 2. The van der Waals surface area contributed by atoms with Crippen LogP contribution in [0.5, 0.6) is 5.75 Å². The van der Waals surface area contributed by atoms with E-state index in [0.29, 0.717) is 6.04 Å². The summed E-state index contributed by atoms with van der Waals surface area (Å²) in [5.41, 5.74) is 4.93. The van der Waals surface area contributed by atoms with Crippen LogP contribution >= 0.6 is 0 Å². The Kier molecular flexibility index (Phi) is 7.29. The summed E-state index contributed by atoms with van der Waals surface area (Å²) in [6.45, 7) is 5.08. The first-order valence-electron chi connectivity index (χ1n) is 10.3. The van der Waals surface area contributed by atoms with Crippen molar-refractivity contribution in [1.29, 1.82) is 0 Å². The first kappa shape index (κ1) is 21.3. The highest BCUT2D eigenvalue weighted by Gasteiger charge is 2.22. The number of aryl methyl sites for hydroxylation is 1. The molecule has 3 rings (SSSR count). The van der Waals surface area contributed by atoms with E-state index in [9.17, 15) is 4.79 Å². The van der Waals surface area contributed by atoms with E-state index >= 15 is 0 Å². The van der Waals surface area contributed by atoms with E-state index in [1.165, 1.54) is 22.3 Å². The molecule has 156 valence electrons. The second kappa shape index (κ2) is 9.90. The van der Waals surface area contributed by atoms with Crippen molar-refractivity contribution in [3.63, 3.8) is 0 Å². The Balaban J connectivity index is 1.73. The van der Waals surface area contributed by atoms with Crippen molar-refractivity contribution in [2.24, 2.45) is 0 Å². The highest BCUT2D eigenvalue weighted by Crippen LogP contribution is 2.30. The number of carbonyl (C=O) groups is 1. The van der Waals surface area contributed by atoms with E-state index in [4.69, 9.17) is 9.84 Å². The minimum Gasteiger partial charge on any atom is -0.496 e. The molecule has 1 saturated heterocycles. The van der Waals surface area contributed by atoms with Gasteiger partial charge in [-0.15, -0.1) is 0 Å². The van der Waals surface area contributed by atoms with Crippen molar-refractivity contribution >= 4 is 5.97 Å². The second-order valence-corrected chi connectivity index (χ2v) is 8.01. The third-order valence-corrected chi connectivity index (χ3v) is 5.93. The Hall–Kier alpha value is -2.37. The van der Waals surface area contributed by atoms with Gasteiger partial charge in [-0.05, 0) is 75.1 Å². The highest BCUT2D eigenvalue weighted by molar-refractivity contribution is 5.69. The third kappa shape index (κ3) is 5.58. The fourth-order valence-corrected chi connectivity index (χ4v) is 4.29. The minimum absolute atomic E-state index is 0.108. The molecule has 1 N–H and O–H groups in total. The van der Waals surface area contributed by atoms with Crippen molar-refractivity contribution in [3.8, 4) is 16.9 Å². The lowest BCUT2D eigenvalue weighted by Gasteiger charge is -2.26. The number of nitrogens with zero attached hydrogens (tertiary/aromatic N) is 2. The molecule has 1 heterocycles. The number of hydrogen-bond donors (Lipinski definition) is 1. The summed E-state index contributed by atoms with van der Waals surface area (Å²) in [5.74, 6) is 0.164. The Morgan fingerprint density at radius 3 is 2.72 bits per heavy atom. The topological polar surface area (TPSA) is 53.0 Å². The molecule has 5 nitrogen and oxygen atoms in total. The number of carboxylic acid groups (broad SMARTS) is 1. The highest BCUT2D eigenvalue weighted by atomic mass is 16.5. The van der Waals surface area contributed by atoms with Crippen LogP contribution in [0.25, 0.3) is 11.1 Å². The van der Waals surface area contributed by atoms with E-state index < -0.39 is 5.97 Å². The number of likely N-dealkylation sites (N-methyl/N-ethyl adjacent to an activating group) is 1. The molecule has 1 atom stereocenters. The lowest BCUT2D eigenvalue weighted by atomic mass is 9.98. The van der Waals surface area contributed by atoms with Crippen LogP contribution in [0.4, 0.5) is 0 Å². The largest absolute Gasteiger partial charge is 0.496 e. The number of rotatable bonds is 7. The summed E-state index contributed by atoms with van der Waals surface area (Å²) < 4.78 is 5.64. The van der Waals surface area contributed by atoms with Gasteiger partial charge in [0.1, 0.15) is 5.75 Å². The summed E-state index contributed by atoms with van der Waals surface area (Å²) in [6.07, 6.45) is 3.11. The number of hydrogen-bond acceptors (Lipinski definition) is 4. The quantitative estimate of drug-likeness (QED) is 0.765. The Morgan fingerprint density at radius 1 is 1.21 bits per heavy atom. The van der Waals surface area contributed by atoms with Gasteiger partial charge in [-0.3, -0.25) is 14.6 Å². The molecule has 29 heavy (non-hydrogen) atoms. The van der Waals surface area contributed by atoms with Crippen molar-refractivity contribution < 1.29 is 14.6 Å². The molecular weight excluding hydrogens is 364 g/mol. The standard InChI is InChI=1S/C24H32N2O3/c1-18-7-4-5-9-22(18)19-10-11-23(29-3)20(15-19)16-26-13-6-8-21(12-14-26)25(2)17-24(27)28/h4-5,7,9-11,15,21H,6,8,12-14,16-17H2,1-3H3,(H,27,28). The molecule has 0 bridgehead atoms. The van der Waals surface area contributed by atoms with Crippen LogP contribution in [0.2, 0.25) is 0 Å². The summed E-state index contributed by atoms with van der Waals surface area (Å²) in [6, 6.07) is 15.2. The predicted octanol–water partition coefficient (Wildman–Crippen LogP) is 4.04. The van der Waals surface area contributed by atoms with Crippen LogP contribution in [0.1, 0.15) is 30.4 Å². The van der Waals surface area contributed by atoms with Crippen molar-refractivity contribution in [2.45, 2.75) is 38.8 Å². The van der Waals surface area contributed by atoms with Crippen molar-refractivity contribution in [1.82, 2.24) is 9.80 Å². The van der Waals surface area contributed by atoms with Crippen LogP contribution in [0.3, 0.4) is 0 Å². The normalized spacial score (nSPS) is 17.9. The average molecular weight is 397 g/mol. The maximum atomic E-state index is 11.0. The fourth-order valence-electron chi connectivity index (χ4n) is 4.29. The maximum Gasteiger partial charge on any atom is 0.317 e. The minimum atomic E-state index is -0.758. The second-order valence-electron chi connectivity index (χ2n) is 8.01. The van der Waals surface area contributed by atoms with Gasteiger partial charge in [-0.25, -0.2) is 0 Å². The molecule has 2 aromatic carbocycles. The van der Waals surface area contributed by atoms with Crippen LogP contribution in [-0.2, 0) is 11.3 Å². The summed E-state index contributed by atoms with van der Waals surface area (Å²) in [5, 5.41) is 9.06. The van der Waals surface area contributed by atoms with E-state index in [2.05, 4.69) is 54.3 Å². The molecule has 0 spiro atoms. The Labute approximate surface area is 173 Å². The number of aliphatic carboxylic acids is 1. The van der Waals surface area contributed by atoms with E-state index in [-0.39, 0.29) is 6.54 Å². The maximum absolute atomic E-state index is 11.0. The van der Waals surface area contributed by atoms with E-state index in [0.717, 1.165) is 44.6 Å². The van der Waals surface area contributed by atoms with Crippen LogP contribution < -0.4 is 4.74 Å². The van der Waals surface area contributed by atoms with Crippen molar-refractivity contribution in [3.05, 3.63) is 53.6 Å². The van der Waals surface area contributed by atoms with Gasteiger partial charge in [0.2, 0.25) is 0 Å². The van der Waals surface area contributed by atoms with Crippen LogP contribution in [0, 0.1) is 6.92 Å². The molecule has 1 fully saturated rings. The van der Waals surface area contributed by atoms with Gasteiger partial charge in [0, 0.05) is 18.2 Å². The van der Waals surface area contributed by atoms with Crippen LogP contribution in [-0.4, -0.2) is 60.7 Å². The molecular formula is C24H32N2O3. The lowest BCUT2D eigenvalue weighted by molar-refractivity contribution is -0.138. The Bertz CT molecular complexity index is 837. The molecule has 0 saturated carbocycles. The molecule has 0 aliphatic carbocycles. The van der Waals surface area contributed by atoms with Gasteiger partial charge in [0.25, 0.3) is 0 Å². The molecule has 5 heteroatoms. The summed E-state index contributed by atoms with van der Waals surface area (Å²) >= 11 is 0. The zero-order valence-electron chi connectivity index (χ0n) is 17.7. The monoisotopic (exact) mass is 396 g/mol. The van der Waals surface area contributed by atoms with E-state index in [1.807, 2.05) is 11.9 Å². The zero-order valence-corrected chi connectivity index (χ0v) is 17.7. The first-order valence-corrected chi connectivity index (χ1v) is 10.3. The smallest absolute Gasteiger partial charge is 0.317 e. The molecule has 1 aliphatic rings. The summed E-state index contributed by atoms with van der Waals surface area (Å²) in [4.78, 5) is 15.5. The third-order valence-electron chi connectivity index (χ3n) is 5.93. The number of methoxy groups -OCH3 is 1. The zero-order chi connectivity index (χ0) is 20.8. The molecule has 1 aliphatic heterocycles. The molecule has 0 aromatic heterocycles. The van der Waals surface area contributed by atoms with Gasteiger partial charge >= 0.3 is 5.97 Å². The predicted molar refractivity (Wildman–Crippen MR) is 116 cm³/mol. The van der Waals surface area contributed by atoms with Gasteiger partial charge in [-0.1, -0.05) is 30.3 Å². The van der Waals surface area contributed by atoms with Gasteiger partial charge in [0.05, 0.1) is 13.7 Å². The van der Waals surface area contributed by atoms with Crippen molar-refractivity contribution in [2.75, 3.05) is 33.8 Å². The molecule has 2 aromatic rings. The lowest BCUT2D eigenvalue weighted by Crippen LogP contribution is -2.36. The number of likely N-dealkylation sites (tertiary alicyclic amines) is 1. The van der Waals surface area contributed by atoms with E-state index in [1.54, 1.807) is 7.11 Å². The SMILES string of the molecule is COc1ccc(-c2ccccc2C)cc1CN1CCCC(N(C)CC(=O)O)CC1. The average Bonchev–Trinajstić information content (AvgIpc) is 2.93. The van der Waals surface area contributed by atoms with Gasteiger partial charge < -0.3 is 9.84 Å². The van der Waals surface area contributed by atoms with Crippen LogP contribution in [0.15, 0.2) is 42.5 Å². The molecule has 1 unspecified atom stereocenters. The molecule has 0 amide bonds. The Morgan fingerprint density at radius 2 is 2.00 bits per heavy atom.